The van der Waals surface area contributed by atoms with E-state index < -0.39 is 0 Å². The molecule has 1 saturated carbocycles. The number of hydrogen-bond acceptors (Lipinski definition) is 2. The molecule has 0 aromatic rings. The minimum atomic E-state index is 0.892. The third kappa shape index (κ3) is 7.34. The van der Waals surface area contributed by atoms with E-state index in [4.69, 9.17) is 0 Å². The molecule has 0 radical (unpaired) electrons. The monoisotopic (exact) mass is 198 g/mol. The molecule has 1 rings (SSSR count). The first-order valence-electron chi connectivity index (χ1n) is 6.37. The van der Waals surface area contributed by atoms with Crippen LogP contribution in [0.25, 0.3) is 0 Å². The van der Waals surface area contributed by atoms with Gasteiger partial charge in [0.1, 0.15) is 0 Å². The second-order valence-corrected chi connectivity index (χ2v) is 4.35. The van der Waals surface area contributed by atoms with E-state index in [9.17, 15) is 0 Å². The average molecular weight is 198 g/mol. The third-order valence-electron chi connectivity index (χ3n) is 2.79. The lowest BCUT2D eigenvalue weighted by Gasteiger charge is -2.03. The molecule has 0 aromatic heterocycles. The van der Waals surface area contributed by atoms with Crippen LogP contribution in [0.3, 0.4) is 0 Å². The molecule has 14 heavy (non-hydrogen) atoms. The quantitative estimate of drug-likeness (QED) is 0.526. The molecule has 2 heteroatoms. The summed E-state index contributed by atoms with van der Waals surface area (Å²) in [5, 5.41) is 6.92. The molecule has 1 aliphatic carbocycles. The molecule has 0 aromatic carbocycles. The van der Waals surface area contributed by atoms with Gasteiger partial charge in [-0.25, -0.2) is 0 Å². The van der Waals surface area contributed by atoms with Crippen molar-refractivity contribution in [3.63, 3.8) is 0 Å². The first-order chi connectivity index (χ1) is 6.93. The van der Waals surface area contributed by atoms with Gasteiger partial charge in [-0.1, -0.05) is 26.2 Å². The van der Waals surface area contributed by atoms with Crippen LogP contribution in [0.2, 0.25) is 0 Å². The number of rotatable bonds is 10. The van der Waals surface area contributed by atoms with Crippen molar-refractivity contribution in [1.82, 2.24) is 10.6 Å². The molecule has 2 N–H and O–H groups in total. The lowest BCUT2D eigenvalue weighted by Crippen LogP contribution is -2.17. The predicted octanol–water partition coefficient (Wildman–Crippen LogP) is 2.30. The molecule has 0 aliphatic heterocycles. The summed E-state index contributed by atoms with van der Waals surface area (Å²) in [6, 6.07) is 0.892. The van der Waals surface area contributed by atoms with Crippen molar-refractivity contribution in [1.29, 1.82) is 0 Å². The highest BCUT2D eigenvalue weighted by Gasteiger charge is 2.19. The largest absolute Gasteiger partial charge is 0.317 e. The van der Waals surface area contributed by atoms with Crippen molar-refractivity contribution < 1.29 is 0 Å². The van der Waals surface area contributed by atoms with Gasteiger partial charge in [0.25, 0.3) is 0 Å². The van der Waals surface area contributed by atoms with Gasteiger partial charge in [0, 0.05) is 6.04 Å². The van der Waals surface area contributed by atoms with Crippen LogP contribution in [-0.4, -0.2) is 25.7 Å². The topological polar surface area (TPSA) is 24.1 Å². The molecule has 0 unspecified atom stereocenters. The number of hydrogen-bond donors (Lipinski definition) is 2. The van der Waals surface area contributed by atoms with E-state index >= 15 is 0 Å². The van der Waals surface area contributed by atoms with Crippen LogP contribution in [0.1, 0.15) is 51.9 Å². The summed E-state index contributed by atoms with van der Waals surface area (Å²) in [5.74, 6) is 0. The fourth-order valence-corrected chi connectivity index (χ4v) is 1.68. The fraction of sp³-hybridized carbons (Fsp3) is 1.00. The second kappa shape index (κ2) is 8.25. The van der Waals surface area contributed by atoms with Crippen LogP contribution >= 0.6 is 0 Å². The molecule has 2 nitrogen and oxygen atoms in total. The summed E-state index contributed by atoms with van der Waals surface area (Å²) < 4.78 is 0. The first kappa shape index (κ1) is 12.0. The van der Waals surface area contributed by atoms with Crippen LogP contribution in [0.5, 0.6) is 0 Å². The Labute approximate surface area is 88.8 Å². The van der Waals surface area contributed by atoms with E-state index in [0.717, 1.165) is 12.6 Å². The maximum atomic E-state index is 3.56. The Balaban J connectivity index is 1.63. The number of unbranched alkanes of at least 4 members (excludes halogenated alkanes) is 4. The highest BCUT2D eigenvalue weighted by atomic mass is 14.9. The third-order valence-corrected chi connectivity index (χ3v) is 2.79. The van der Waals surface area contributed by atoms with Crippen molar-refractivity contribution in [3.05, 3.63) is 0 Å². The summed E-state index contributed by atoms with van der Waals surface area (Å²) in [6.07, 6.45) is 9.78. The standard InChI is InChI=1S/C12H26N2/c1-2-13-10-6-4-3-5-7-11-14-12-8-9-12/h12-14H,2-11H2,1H3. The molecule has 84 valence electrons. The van der Waals surface area contributed by atoms with Gasteiger partial charge in [-0.2, -0.15) is 0 Å². The Morgan fingerprint density at radius 2 is 1.57 bits per heavy atom. The Morgan fingerprint density at radius 1 is 0.929 bits per heavy atom. The van der Waals surface area contributed by atoms with Crippen molar-refractivity contribution in [3.8, 4) is 0 Å². The Bertz CT molecular complexity index is 121. The lowest BCUT2D eigenvalue weighted by atomic mass is 10.1. The van der Waals surface area contributed by atoms with Gasteiger partial charge >= 0.3 is 0 Å². The maximum absolute atomic E-state index is 3.56. The van der Waals surface area contributed by atoms with Crippen LogP contribution in [-0.2, 0) is 0 Å². The van der Waals surface area contributed by atoms with Crippen LogP contribution in [0.15, 0.2) is 0 Å². The van der Waals surface area contributed by atoms with Crippen molar-refractivity contribution in [2.75, 3.05) is 19.6 Å². The summed E-state index contributed by atoms with van der Waals surface area (Å²) in [4.78, 5) is 0. The lowest BCUT2D eigenvalue weighted by molar-refractivity contribution is 0.559. The molecule has 0 heterocycles. The van der Waals surface area contributed by atoms with Gasteiger partial charge in [-0.05, 0) is 45.3 Å². The zero-order valence-electron chi connectivity index (χ0n) is 9.65. The van der Waals surface area contributed by atoms with E-state index in [0.29, 0.717) is 0 Å². The summed E-state index contributed by atoms with van der Waals surface area (Å²) in [5.41, 5.74) is 0. The number of nitrogens with one attached hydrogen (secondary N) is 2. The molecule has 1 fully saturated rings. The van der Waals surface area contributed by atoms with E-state index in [1.54, 1.807) is 0 Å². The van der Waals surface area contributed by atoms with Gasteiger partial charge in [-0.15, -0.1) is 0 Å². The highest BCUT2D eigenvalue weighted by molar-refractivity contribution is 4.80. The zero-order chi connectivity index (χ0) is 10.1. The SMILES string of the molecule is CCNCCCCCCCNC1CC1. The van der Waals surface area contributed by atoms with Crippen molar-refractivity contribution >= 4 is 0 Å². The van der Waals surface area contributed by atoms with Crippen molar-refractivity contribution in [2.24, 2.45) is 0 Å². The van der Waals surface area contributed by atoms with Gasteiger partial charge in [0.2, 0.25) is 0 Å². The molecule has 0 saturated heterocycles. The fourth-order valence-electron chi connectivity index (χ4n) is 1.68. The molecule has 0 spiro atoms. The summed E-state index contributed by atoms with van der Waals surface area (Å²) in [7, 11) is 0. The Kier molecular flexibility index (Phi) is 7.06. The van der Waals surface area contributed by atoms with E-state index in [2.05, 4.69) is 17.6 Å². The second-order valence-electron chi connectivity index (χ2n) is 4.35. The van der Waals surface area contributed by atoms with Gasteiger partial charge in [0.05, 0.1) is 0 Å². The first-order valence-corrected chi connectivity index (χ1v) is 6.37. The predicted molar refractivity (Wildman–Crippen MR) is 62.7 cm³/mol. The summed E-state index contributed by atoms with van der Waals surface area (Å²) >= 11 is 0. The maximum Gasteiger partial charge on any atom is 0.00682 e. The minimum absolute atomic E-state index is 0.892. The Morgan fingerprint density at radius 3 is 2.21 bits per heavy atom. The average Bonchev–Trinajstić information content (AvgIpc) is 2.99. The van der Waals surface area contributed by atoms with Crippen LogP contribution < -0.4 is 10.6 Å². The van der Waals surface area contributed by atoms with Crippen LogP contribution in [0, 0.1) is 0 Å². The molecule has 0 bridgehead atoms. The smallest absolute Gasteiger partial charge is 0.00682 e. The molecule has 0 atom stereocenters. The van der Waals surface area contributed by atoms with Gasteiger partial charge in [0.15, 0.2) is 0 Å². The van der Waals surface area contributed by atoms with Crippen molar-refractivity contribution in [2.45, 2.75) is 57.9 Å². The summed E-state index contributed by atoms with van der Waals surface area (Å²) in [6.45, 7) is 5.74. The normalized spacial score (nSPS) is 16.1. The van der Waals surface area contributed by atoms with E-state index in [1.165, 1.54) is 58.0 Å². The molecule has 1 aliphatic rings. The Hall–Kier alpha value is -0.0800. The van der Waals surface area contributed by atoms with E-state index in [-0.39, 0.29) is 0 Å². The van der Waals surface area contributed by atoms with Gasteiger partial charge in [-0.3, -0.25) is 0 Å². The van der Waals surface area contributed by atoms with Crippen LogP contribution in [0.4, 0.5) is 0 Å². The highest BCUT2D eigenvalue weighted by Crippen LogP contribution is 2.18. The molecular formula is C12H26N2. The minimum Gasteiger partial charge on any atom is -0.317 e. The molecule has 0 amide bonds. The van der Waals surface area contributed by atoms with E-state index in [1.807, 2.05) is 0 Å². The zero-order valence-corrected chi connectivity index (χ0v) is 9.65. The van der Waals surface area contributed by atoms with Gasteiger partial charge < -0.3 is 10.6 Å². The molecular weight excluding hydrogens is 172 g/mol.